The van der Waals surface area contributed by atoms with Crippen molar-refractivity contribution >= 4 is 5.69 Å². The summed E-state index contributed by atoms with van der Waals surface area (Å²) < 4.78 is 5.17. The van der Waals surface area contributed by atoms with Gasteiger partial charge in [0.05, 0.1) is 0 Å². The lowest BCUT2D eigenvalue weighted by Crippen LogP contribution is -2.09. The van der Waals surface area contributed by atoms with Crippen LogP contribution >= 0.6 is 0 Å². The zero-order chi connectivity index (χ0) is 7.72. The van der Waals surface area contributed by atoms with Crippen molar-refractivity contribution in [2.75, 3.05) is 12.1 Å². The van der Waals surface area contributed by atoms with Crippen LogP contribution in [0.2, 0.25) is 0 Å². The average Bonchev–Trinajstić information content (AvgIpc) is 2.10. The summed E-state index contributed by atoms with van der Waals surface area (Å²) in [5.74, 6) is 1.55. The first-order chi connectivity index (χ1) is 4.61. The van der Waals surface area contributed by atoms with E-state index in [1.165, 1.54) is 0 Å². The molecule has 0 aliphatic heterocycles. The Morgan fingerprint density at radius 1 is 1.50 bits per heavy atom. The fraction of sp³-hybridized carbons (Fsp3) is 0.429. The van der Waals surface area contributed by atoms with E-state index in [1.54, 1.807) is 13.1 Å². The SMILES string of the molecule is Cc1cc(N(C)O)c(C)o1. The summed E-state index contributed by atoms with van der Waals surface area (Å²) in [6.07, 6.45) is 0. The maximum absolute atomic E-state index is 8.99. The van der Waals surface area contributed by atoms with Crippen molar-refractivity contribution in [1.82, 2.24) is 0 Å². The first-order valence-electron chi connectivity index (χ1n) is 3.11. The molecule has 0 atom stereocenters. The third kappa shape index (κ3) is 1.14. The molecule has 0 saturated heterocycles. The van der Waals surface area contributed by atoms with Crippen LogP contribution in [0.1, 0.15) is 11.5 Å². The summed E-state index contributed by atoms with van der Waals surface area (Å²) in [7, 11) is 1.57. The van der Waals surface area contributed by atoms with E-state index in [9.17, 15) is 0 Å². The largest absolute Gasteiger partial charge is 0.464 e. The fourth-order valence-corrected chi connectivity index (χ4v) is 0.939. The Kier molecular flexibility index (Phi) is 1.68. The minimum atomic E-state index is 0.720. The van der Waals surface area contributed by atoms with Gasteiger partial charge in [0, 0.05) is 13.1 Å². The number of hydroxylamine groups is 1. The lowest BCUT2D eigenvalue weighted by Gasteiger charge is -2.06. The molecule has 0 unspecified atom stereocenters. The highest BCUT2D eigenvalue weighted by molar-refractivity contribution is 5.47. The number of anilines is 1. The molecule has 1 rings (SSSR count). The monoisotopic (exact) mass is 141 g/mol. The third-order valence-electron chi connectivity index (χ3n) is 1.36. The Morgan fingerprint density at radius 3 is 2.30 bits per heavy atom. The van der Waals surface area contributed by atoms with Gasteiger partial charge in [0.2, 0.25) is 0 Å². The van der Waals surface area contributed by atoms with Crippen molar-refractivity contribution in [1.29, 1.82) is 0 Å². The van der Waals surface area contributed by atoms with Crippen LogP contribution in [0.25, 0.3) is 0 Å². The van der Waals surface area contributed by atoms with Gasteiger partial charge < -0.3 is 4.42 Å². The normalized spacial score (nSPS) is 10.0. The number of furan rings is 1. The van der Waals surface area contributed by atoms with Gasteiger partial charge in [0.1, 0.15) is 17.2 Å². The molecule has 0 saturated carbocycles. The fourth-order valence-electron chi connectivity index (χ4n) is 0.939. The molecule has 0 bridgehead atoms. The van der Waals surface area contributed by atoms with Gasteiger partial charge in [-0.3, -0.25) is 10.3 Å². The Labute approximate surface area is 59.8 Å². The van der Waals surface area contributed by atoms with E-state index in [-0.39, 0.29) is 0 Å². The topological polar surface area (TPSA) is 36.6 Å². The maximum Gasteiger partial charge on any atom is 0.126 e. The molecule has 3 heteroatoms. The minimum Gasteiger partial charge on any atom is -0.464 e. The molecule has 0 amide bonds. The Balaban J connectivity index is 3.03. The molecule has 0 radical (unpaired) electrons. The van der Waals surface area contributed by atoms with Crippen molar-refractivity contribution in [2.24, 2.45) is 0 Å². The zero-order valence-corrected chi connectivity index (χ0v) is 6.38. The number of nitrogens with zero attached hydrogens (tertiary/aromatic N) is 1. The second kappa shape index (κ2) is 2.34. The van der Waals surface area contributed by atoms with Gasteiger partial charge in [0.15, 0.2) is 0 Å². The third-order valence-corrected chi connectivity index (χ3v) is 1.36. The van der Waals surface area contributed by atoms with Gasteiger partial charge in [0.25, 0.3) is 0 Å². The summed E-state index contributed by atoms with van der Waals surface area (Å²) in [5.41, 5.74) is 0.720. The molecule has 0 fully saturated rings. The van der Waals surface area contributed by atoms with Crippen LogP contribution < -0.4 is 5.06 Å². The summed E-state index contributed by atoms with van der Waals surface area (Å²) in [4.78, 5) is 0. The van der Waals surface area contributed by atoms with Crippen LogP contribution in [0.3, 0.4) is 0 Å². The summed E-state index contributed by atoms with van der Waals surface area (Å²) in [5, 5.41) is 10.0. The van der Waals surface area contributed by atoms with Gasteiger partial charge in [-0.1, -0.05) is 0 Å². The molecule has 0 aliphatic carbocycles. The number of aryl methyl sites for hydroxylation is 2. The lowest BCUT2D eigenvalue weighted by molar-refractivity contribution is 0.277. The van der Waals surface area contributed by atoms with E-state index in [4.69, 9.17) is 9.62 Å². The molecule has 56 valence electrons. The van der Waals surface area contributed by atoms with Crippen molar-refractivity contribution in [3.63, 3.8) is 0 Å². The Bertz CT molecular complexity index is 228. The van der Waals surface area contributed by atoms with E-state index in [0.717, 1.165) is 22.3 Å². The summed E-state index contributed by atoms with van der Waals surface area (Å²) >= 11 is 0. The quantitative estimate of drug-likeness (QED) is 0.605. The predicted molar refractivity (Wildman–Crippen MR) is 38.4 cm³/mol. The number of hydrogen-bond acceptors (Lipinski definition) is 3. The summed E-state index contributed by atoms with van der Waals surface area (Å²) in [6.45, 7) is 3.66. The molecular formula is C7H11NO2. The molecular weight excluding hydrogens is 130 g/mol. The zero-order valence-electron chi connectivity index (χ0n) is 6.38. The highest BCUT2D eigenvalue weighted by Crippen LogP contribution is 2.20. The van der Waals surface area contributed by atoms with Crippen molar-refractivity contribution < 1.29 is 9.62 Å². The second-order valence-electron chi connectivity index (χ2n) is 2.32. The van der Waals surface area contributed by atoms with E-state index in [0.29, 0.717) is 0 Å². The smallest absolute Gasteiger partial charge is 0.126 e. The molecule has 0 aliphatic rings. The van der Waals surface area contributed by atoms with Crippen LogP contribution in [0.4, 0.5) is 5.69 Å². The Morgan fingerprint density at radius 2 is 2.10 bits per heavy atom. The van der Waals surface area contributed by atoms with Gasteiger partial charge in [-0.2, -0.15) is 0 Å². The molecule has 3 nitrogen and oxygen atoms in total. The van der Waals surface area contributed by atoms with Crippen LogP contribution in [0, 0.1) is 13.8 Å². The summed E-state index contributed by atoms with van der Waals surface area (Å²) in [6, 6.07) is 1.79. The van der Waals surface area contributed by atoms with E-state index in [2.05, 4.69) is 0 Å². The average molecular weight is 141 g/mol. The maximum atomic E-state index is 8.99. The molecule has 1 N–H and O–H groups in total. The van der Waals surface area contributed by atoms with Gasteiger partial charge in [-0.25, -0.2) is 0 Å². The first kappa shape index (κ1) is 7.15. The highest BCUT2D eigenvalue weighted by atomic mass is 16.5. The highest BCUT2D eigenvalue weighted by Gasteiger charge is 2.05. The second-order valence-corrected chi connectivity index (χ2v) is 2.32. The van der Waals surface area contributed by atoms with Crippen molar-refractivity contribution in [3.05, 3.63) is 17.6 Å². The minimum absolute atomic E-state index is 0.720. The van der Waals surface area contributed by atoms with Gasteiger partial charge in [-0.05, 0) is 13.8 Å². The van der Waals surface area contributed by atoms with Gasteiger partial charge in [-0.15, -0.1) is 0 Å². The van der Waals surface area contributed by atoms with E-state index >= 15 is 0 Å². The molecule has 1 aromatic rings. The number of hydrogen-bond donors (Lipinski definition) is 1. The standard InChI is InChI=1S/C7H11NO2/c1-5-4-7(8(3)9)6(2)10-5/h4,9H,1-3H3. The van der Waals surface area contributed by atoms with Crippen LogP contribution in [-0.4, -0.2) is 12.3 Å². The molecule has 1 heterocycles. The van der Waals surface area contributed by atoms with E-state index in [1.807, 2.05) is 13.8 Å². The Hall–Kier alpha value is -0.960. The molecule has 0 aromatic carbocycles. The van der Waals surface area contributed by atoms with Crippen LogP contribution in [0.5, 0.6) is 0 Å². The van der Waals surface area contributed by atoms with E-state index < -0.39 is 0 Å². The molecule has 0 spiro atoms. The van der Waals surface area contributed by atoms with Crippen molar-refractivity contribution in [3.8, 4) is 0 Å². The lowest BCUT2D eigenvalue weighted by atomic mass is 10.4. The van der Waals surface area contributed by atoms with Crippen LogP contribution in [-0.2, 0) is 0 Å². The van der Waals surface area contributed by atoms with Crippen molar-refractivity contribution in [2.45, 2.75) is 13.8 Å². The number of rotatable bonds is 1. The van der Waals surface area contributed by atoms with Crippen LogP contribution in [0.15, 0.2) is 10.5 Å². The van der Waals surface area contributed by atoms with Gasteiger partial charge >= 0.3 is 0 Å². The first-order valence-corrected chi connectivity index (χ1v) is 3.11. The molecule has 10 heavy (non-hydrogen) atoms. The predicted octanol–water partition coefficient (Wildman–Crippen LogP) is 1.72. The molecule has 1 aromatic heterocycles.